The fraction of sp³-hybridized carbons (Fsp3) is 0.333. The molecule has 2 aromatic rings. The summed E-state index contributed by atoms with van der Waals surface area (Å²) >= 11 is 0. The van der Waals surface area contributed by atoms with Gasteiger partial charge in [0, 0.05) is 5.41 Å². The molecule has 2 rings (SSSR count). The number of rotatable bonds is 1. The molecule has 0 bridgehead atoms. The van der Waals surface area contributed by atoms with Crippen LogP contribution < -0.4 is 0 Å². The van der Waals surface area contributed by atoms with Gasteiger partial charge in [-0.05, 0) is 12.1 Å². The Labute approximate surface area is 89.8 Å². The molecule has 1 aromatic heterocycles. The van der Waals surface area contributed by atoms with E-state index in [2.05, 4.69) is 30.9 Å². The molecule has 0 amide bonds. The Bertz CT molecular complexity index is 437. The van der Waals surface area contributed by atoms with E-state index in [-0.39, 0.29) is 5.41 Å². The van der Waals surface area contributed by atoms with E-state index in [4.69, 9.17) is 0 Å². The number of hydrogen-bond donors (Lipinski definition) is 0. The molecule has 0 aliphatic carbocycles. The molecular weight excluding hydrogens is 186 g/mol. The van der Waals surface area contributed by atoms with Crippen molar-refractivity contribution >= 4 is 0 Å². The van der Waals surface area contributed by atoms with E-state index < -0.39 is 0 Å². The van der Waals surface area contributed by atoms with E-state index in [1.54, 1.807) is 11.0 Å². The van der Waals surface area contributed by atoms with Crippen LogP contribution in [-0.2, 0) is 5.41 Å². The number of hydrogen-bond acceptors (Lipinski definition) is 2. The summed E-state index contributed by atoms with van der Waals surface area (Å²) < 4.78 is 1.81. The molecular formula is C12H15N3. The highest BCUT2D eigenvalue weighted by atomic mass is 15.3. The maximum absolute atomic E-state index is 4.46. The van der Waals surface area contributed by atoms with Crippen molar-refractivity contribution in [3.63, 3.8) is 0 Å². The molecule has 0 N–H and O–H groups in total. The van der Waals surface area contributed by atoms with Gasteiger partial charge in [-0.2, -0.15) is 5.10 Å². The van der Waals surface area contributed by atoms with Crippen LogP contribution in [0, 0.1) is 0 Å². The molecule has 1 heterocycles. The second kappa shape index (κ2) is 3.50. The SMILES string of the molecule is CC(C)(C)c1ncn(-c2ccccc2)n1. The minimum Gasteiger partial charge on any atom is -0.221 e. The highest BCUT2D eigenvalue weighted by Crippen LogP contribution is 2.18. The second-order valence-corrected chi connectivity index (χ2v) is 4.60. The van der Waals surface area contributed by atoms with Crippen molar-refractivity contribution in [2.75, 3.05) is 0 Å². The van der Waals surface area contributed by atoms with E-state index in [1.807, 2.05) is 30.3 Å². The minimum atomic E-state index is 0.0000301. The Morgan fingerprint density at radius 3 is 2.27 bits per heavy atom. The highest BCUT2D eigenvalue weighted by molar-refractivity contribution is 5.29. The maximum atomic E-state index is 4.46. The molecule has 78 valence electrons. The molecule has 0 unspecified atom stereocenters. The van der Waals surface area contributed by atoms with Crippen molar-refractivity contribution in [3.05, 3.63) is 42.5 Å². The molecule has 0 saturated carbocycles. The topological polar surface area (TPSA) is 30.7 Å². The number of para-hydroxylation sites is 1. The first-order chi connectivity index (χ1) is 7.07. The lowest BCUT2D eigenvalue weighted by Crippen LogP contribution is -2.14. The van der Waals surface area contributed by atoms with Gasteiger partial charge in [0.2, 0.25) is 0 Å². The van der Waals surface area contributed by atoms with Crippen molar-refractivity contribution in [3.8, 4) is 5.69 Å². The first-order valence-electron chi connectivity index (χ1n) is 5.05. The van der Waals surface area contributed by atoms with Crippen LogP contribution in [0.2, 0.25) is 0 Å². The van der Waals surface area contributed by atoms with Gasteiger partial charge in [-0.25, -0.2) is 9.67 Å². The molecule has 3 heteroatoms. The molecule has 0 fully saturated rings. The van der Waals surface area contributed by atoms with Crippen LogP contribution in [0.4, 0.5) is 0 Å². The molecule has 0 atom stereocenters. The minimum absolute atomic E-state index is 0.0000301. The summed E-state index contributed by atoms with van der Waals surface area (Å²) in [6, 6.07) is 10.0. The largest absolute Gasteiger partial charge is 0.221 e. The van der Waals surface area contributed by atoms with E-state index in [1.165, 1.54) is 0 Å². The lowest BCUT2D eigenvalue weighted by molar-refractivity contribution is 0.543. The summed E-state index contributed by atoms with van der Waals surface area (Å²) in [7, 11) is 0. The fourth-order valence-electron chi connectivity index (χ4n) is 1.31. The predicted octanol–water partition coefficient (Wildman–Crippen LogP) is 2.56. The zero-order valence-electron chi connectivity index (χ0n) is 9.31. The smallest absolute Gasteiger partial charge is 0.156 e. The summed E-state index contributed by atoms with van der Waals surface area (Å²) in [4.78, 5) is 4.32. The standard InChI is InChI=1S/C12H15N3/c1-12(2,3)11-13-9-15(14-11)10-7-5-4-6-8-10/h4-9H,1-3H3. The van der Waals surface area contributed by atoms with Crippen molar-refractivity contribution in [1.29, 1.82) is 0 Å². The molecule has 0 aliphatic heterocycles. The Morgan fingerprint density at radius 2 is 1.73 bits per heavy atom. The lowest BCUT2D eigenvalue weighted by atomic mass is 9.96. The van der Waals surface area contributed by atoms with E-state index in [0.717, 1.165) is 11.5 Å². The van der Waals surface area contributed by atoms with E-state index >= 15 is 0 Å². The Hall–Kier alpha value is -1.64. The van der Waals surface area contributed by atoms with Gasteiger partial charge in [-0.15, -0.1) is 0 Å². The summed E-state index contributed by atoms with van der Waals surface area (Å²) in [5.41, 5.74) is 1.04. The molecule has 3 nitrogen and oxygen atoms in total. The third-order valence-corrected chi connectivity index (χ3v) is 2.18. The zero-order valence-corrected chi connectivity index (χ0v) is 9.31. The summed E-state index contributed by atoms with van der Waals surface area (Å²) in [6.07, 6.45) is 1.76. The van der Waals surface area contributed by atoms with Crippen molar-refractivity contribution in [2.45, 2.75) is 26.2 Å². The van der Waals surface area contributed by atoms with Crippen molar-refractivity contribution < 1.29 is 0 Å². The first-order valence-corrected chi connectivity index (χ1v) is 5.05. The number of aromatic nitrogens is 3. The van der Waals surface area contributed by atoms with Crippen LogP contribution in [0.1, 0.15) is 26.6 Å². The molecule has 15 heavy (non-hydrogen) atoms. The maximum Gasteiger partial charge on any atom is 0.156 e. The van der Waals surface area contributed by atoms with Gasteiger partial charge in [-0.3, -0.25) is 0 Å². The van der Waals surface area contributed by atoms with Crippen molar-refractivity contribution in [2.24, 2.45) is 0 Å². The molecule has 0 aliphatic rings. The molecule has 0 saturated heterocycles. The summed E-state index contributed by atoms with van der Waals surface area (Å²) in [5.74, 6) is 0.867. The van der Waals surface area contributed by atoms with E-state index in [9.17, 15) is 0 Å². The Morgan fingerprint density at radius 1 is 1.07 bits per heavy atom. The van der Waals surface area contributed by atoms with Crippen LogP contribution >= 0.6 is 0 Å². The van der Waals surface area contributed by atoms with Gasteiger partial charge in [0.25, 0.3) is 0 Å². The van der Waals surface area contributed by atoms with Crippen LogP contribution in [0.5, 0.6) is 0 Å². The summed E-state index contributed by atoms with van der Waals surface area (Å²) in [6.45, 7) is 6.33. The van der Waals surface area contributed by atoms with Gasteiger partial charge in [0.05, 0.1) is 5.69 Å². The zero-order chi connectivity index (χ0) is 10.9. The monoisotopic (exact) mass is 201 g/mol. The second-order valence-electron chi connectivity index (χ2n) is 4.60. The normalized spacial score (nSPS) is 11.7. The molecule has 0 spiro atoms. The van der Waals surface area contributed by atoms with E-state index in [0.29, 0.717) is 0 Å². The fourth-order valence-corrected chi connectivity index (χ4v) is 1.31. The van der Waals surface area contributed by atoms with Crippen LogP contribution in [-0.4, -0.2) is 14.8 Å². The first kappa shape index (κ1) is 9.90. The average molecular weight is 201 g/mol. The average Bonchev–Trinajstić information content (AvgIpc) is 2.67. The molecule has 0 radical (unpaired) electrons. The summed E-state index contributed by atoms with van der Waals surface area (Å²) in [5, 5.41) is 4.46. The predicted molar refractivity (Wildman–Crippen MR) is 60.1 cm³/mol. The van der Waals surface area contributed by atoms with Gasteiger partial charge >= 0.3 is 0 Å². The highest BCUT2D eigenvalue weighted by Gasteiger charge is 2.18. The third kappa shape index (κ3) is 2.06. The quantitative estimate of drug-likeness (QED) is 0.710. The van der Waals surface area contributed by atoms with Crippen LogP contribution in [0.15, 0.2) is 36.7 Å². The van der Waals surface area contributed by atoms with Gasteiger partial charge in [0.1, 0.15) is 6.33 Å². The number of benzene rings is 1. The number of nitrogens with zero attached hydrogens (tertiary/aromatic N) is 3. The van der Waals surface area contributed by atoms with Gasteiger partial charge < -0.3 is 0 Å². The molecule has 1 aromatic carbocycles. The van der Waals surface area contributed by atoms with Crippen LogP contribution in [0.25, 0.3) is 5.69 Å². The van der Waals surface area contributed by atoms with Crippen LogP contribution in [0.3, 0.4) is 0 Å². The third-order valence-electron chi connectivity index (χ3n) is 2.18. The Kier molecular flexibility index (Phi) is 2.31. The van der Waals surface area contributed by atoms with Gasteiger partial charge in [0.15, 0.2) is 5.82 Å². The lowest BCUT2D eigenvalue weighted by Gasteiger charge is -2.12. The Balaban J connectivity index is 2.37. The van der Waals surface area contributed by atoms with Gasteiger partial charge in [-0.1, -0.05) is 39.0 Å². The van der Waals surface area contributed by atoms with Crippen molar-refractivity contribution in [1.82, 2.24) is 14.8 Å².